The summed E-state index contributed by atoms with van der Waals surface area (Å²) in [5.74, 6) is 2.19. The van der Waals surface area contributed by atoms with Crippen LogP contribution in [0.2, 0.25) is 0 Å². The van der Waals surface area contributed by atoms with Gasteiger partial charge in [-0.2, -0.15) is 0 Å². The molecule has 1 aliphatic carbocycles. The molecule has 1 amide bonds. The molecule has 0 aromatic heterocycles. The number of hydrogen-bond donors (Lipinski definition) is 1. The summed E-state index contributed by atoms with van der Waals surface area (Å²) in [6.07, 6.45) is 2.40. The van der Waals surface area contributed by atoms with Gasteiger partial charge in [0.2, 0.25) is 5.91 Å². The Hall–Kier alpha value is -0.280. The molecule has 0 aromatic rings. The molecule has 0 radical (unpaired) electrons. The van der Waals surface area contributed by atoms with Crippen LogP contribution in [0.1, 0.15) is 19.8 Å². The SMILES string of the molecule is C[C@H]1CCCN1C(=O)C1C2CNCC21.Cl. The lowest BCUT2D eigenvalue weighted by atomic mass is 10.2. The Morgan fingerprint density at radius 3 is 2.53 bits per heavy atom. The Bertz CT molecular complexity index is 261. The Balaban J connectivity index is 0.000000853. The highest BCUT2D eigenvalue weighted by Crippen LogP contribution is 2.50. The van der Waals surface area contributed by atoms with E-state index >= 15 is 0 Å². The number of carbonyl (C=O) groups is 1. The molecule has 3 atom stereocenters. The normalized spacial score (nSPS) is 42.3. The number of likely N-dealkylation sites (tertiary alicyclic amines) is 1. The van der Waals surface area contributed by atoms with Gasteiger partial charge in [-0.05, 0) is 44.7 Å². The van der Waals surface area contributed by atoms with Crippen molar-refractivity contribution >= 4 is 18.3 Å². The van der Waals surface area contributed by atoms with Gasteiger partial charge in [0.1, 0.15) is 0 Å². The van der Waals surface area contributed by atoms with E-state index in [0.717, 1.165) is 19.6 Å². The summed E-state index contributed by atoms with van der Waals surface area (Å²) in [6, 6.07) is 0.497. The quantitative estimate of drug-likeness (QED) is 0.726. The molecule has 2 aliphatic heterocycles. The minimum Gasteiger partial charge on any atom is -0.340 e. The summed E-state index contributed by atoms with van der Waals surface area (Å²) in [6.45, 7) is 5.33. The van der Waals surface area contributed by atoms with Gasteiger partial charge in [-0.25, -0.2) is 0 Å². The lowest BCUT2D eigenvalue weighted by Crippen LogP contribution is -2.37. The number of halogens is 1. The van der Waals surface area contributed by atoms with E-state index in [1.54, 1.807) is 0 Å². The van der Waals surface area contributed by atoms with Gasteiger partial charge in [-0.3, -0.25) is 4.79 Å². The summed E-state index contributed by atoms with van der Waals surface area (Å²) in [4.78, 5) is 14.2. The molecule has 1 N–H and O–H groups in total. The second-order valence-corrected chi connectivity index (χ2v) is 5.03. The second kappa shape index (κ2) is 3.95. The molecule has 4 heteroatoms. The van der Waals surface area contributed by atoms with E-state index in [1.165, 1.54) is 12.8 Å². The van der Waals surface area contributed by atoms with Crippen molar-refractivity contribution in [2.75, 3.05) is 19.6 Å². The molecule has 0 spiro atoms. The second-order valence-electron chi connectivity index (χ2n) is 5.03. The van der Waals surface area contributed by atoms with Crippen molar-refractivity contribution in [3.8, 4) is 0 Å². The van der Waals surface area contributed by atoms with Gasteiger partial charge >= 0.3 is 0 Å². The molecular formula is C11H19ClN2O. The van der Waals surface area contributed by atoms with Crippen molar-refractivity contribution < 1.29 is 4.79 Å². The van der Waals surface area contributed by atoms with Gasteiger partial charge in [0.25, 0.3) is 0 Å². The third-order valence-corrected chi connectivity index (χ3v) is 4.21. The maximum absolute atomic E-state index is 12.1. The van der Waals surface area contributed by atoms with Crippen LogP contribution in [-0.4, -0.2) is 36.5 Å². The van der Waals surface area contributed by atoms with Gasteiger partial charge in [0.05, 0.1) is 0 Å². The summed E-state index contributed by atoms with van der Waals surface area (Å²) < 4.78 is 0. The zero-order valence-electron chi connectivity index (χ0n) is 9.11. The molecule has 3 fully saturated rings. The molecule has 3 aliphatic rings. The molecule has 2 heterocycles. The van der Waals surface area contributed by atoms with Crippen LogP contribution in [0.4, 0.5) is 0 Å². The zero-order chi connectivity index (χ0) is 9.71. The van der Waals surface area contributed by atoms with Crippen molar-refractivity contribution in [1.29, 1.82) is 0 Å². The van der Waals surface area contributed by atoms with Gasteiger partial charge in [0, 0.05) is 18.5 Å². The van der Waals surface area contributed by atoms with E-state index in [4.69, 9.17) is 0 Å². The predicted molar refractivity (Wildman–Crippen MR) is 61.0 cm³/mol. The van der Waals surface area contributed by atoms with Gasteiger partial charge in [-0.1, -0.05) is 0 Å². The maximum atomic E-state index is 12.1. The van der Waals surface area contributed by atoms with Crippen LogP contribution >= 0.6 is 12.4 Å². The number of fused-ring (bicyclic) bond motifs is 1. The van der Waals surface area contributed by atoms with E-state index in [2.05, 4.69) is 17.1 Å². The van der Waals surface area contributed by atoms with Crippen LogP contribution in [0.3, 0.4) is 0 Å². The number of hydrogen-bond acceptors (Lipinski definition) is 2. The minimum atomic E-state index is 0. The Morgan fingerprint density at radius 2 is 2.00 bits per heavy atom. The first kappa shape index (κ1) is 11.2. The summed E-state index contributed by atoms with van der Waals surface area (Å²) in [5, 5.41) is 3.34. The largest absolute Gasteiger partial charge is 0.340 e. The highest BCUT2D eigenvalue weighted by molar-refractivity contribution is 5.85. The fraction of sp³-hybridized carbons (Fsp3) is 0.909. The van der Waals surface area contributed by atoms with Crippen molar-refractivity contribution in [2.45, 2.75) is 25.8 Å². The average molecular weight is 231 g/mol. The molecule has 1 saturated carbocycles. The number of nitrogens with one attached hydrogen (secondary N) is 1. The molecule has 0 bridgehead atoms. The zero-order valence-corrected chi connectivity index (χ0v) is 9.93. The molecule has 0 aromatic carbocycles. The first-order valence-corrected chi connectivity index (χ1v) is 5.80. The maximum Gasteiger partial charge on any atom is 0.226 e. The van der Waals surface area contributed by atoms with Crippen LogP contribution in [-0.2, 0) is 4.79 Å². The number of amides is 1. The van der Waals surface area contributed by atoms with Crippen molar-refractivity contribution in [3.63, 3.8) is 0 Å². The smallest absolute Gasteiger partial charge is 0.226 e. The van der Waals surface area contributed by atoms with E-state index < -0.39 is 0 Å². The first-order valence-electron chi connectivity index (χ1n) is 5.80. The average Bonchev–Trinajstić information content (AvgIpc) is 2.57. The Labute approximate surface area is 97.0 Å². The lowest BCUT2D eigenvalue weighted by Gasteiger charge is -2.22. The molecule has 3 nitrogen and oxygen atoms in total. The summed E-state index contributed by atoms with van der Waals surface area (Å²) in [5.41, 5.74) is 0. The predicted octanol–water partition coefficient (Wildman–Crippen LogP) is 0.884. The fourth-order valence-corrected chi connectivity index (χ4v) is 3.24. The van der Waals surface area contributed by atoms with Gasteiger partial charge in [0.15, 0.2) is 0 Å². The fourth-order valence-electron chi connectivity index (χ4n) is 3.24. The highest BCUT2D eigenvalue weighted by Gasteiger charge is 2.58. The van der Waals surface area contributed by atoms with Gasteiger partial charge in [-0.15, -0.1) is 12.4 Å². The van der Waals surface area contributed by atoms with Crippen LogP contribution in [0.5, 0.6) is 0 Å². The van der Waals surface area contributed by atoms with Crippen LogP contribution < -0.4 is 5.32 Å². The number of carbonyl (C=O) groups excluding carboxylic acids is 1. The molecule has 2 saturated heterocycles. The van der Waals surface area contributed by atoms with Crippen molar-refractivity contribution in [1.82, 2.24) is 10.2 Å². The molecule has 86 valence electrons. The first-order chi connectivity index (χ1) is 6.79. The molecule has 3 rings (SSSR count). The molecular weight excluding hydrogens is 212 g/mol. The number of nitrogens with zero attached hydrogens (tertiary/aromatic N) is 1. The van der Waals surface area contributed by atoms with Gasteiger partial charge < -0.3 is 10.2 Å². The monoisotopic (exact) mass is 230 g/mol. The summed E-state index contributed by atoms with van der Waals surface area (Å²) >= 11 is 0. The Morgan fingerprint density at radius 1 is 1.33 bits per heavy atom. The van der Waals surface area contributed by atoms with E-state index in [-0.39, 0.29) is 12.4 Å². The molecule has 2 unspecified atom stereocenters. The van der Waals surface area contributed by atoms with E-state index in [9.17, 15) is 4.79 Å². The topological polar surface area (TPSA) is 32.3 Å². The third-order valence-electron chi connectivity index (χ3n) is 4.21. The van der Waals surface area contributed by atoms with Crippen molar-refractivity contribution in [3.05, 3.63) is 0 Å². The third kappa shape index (κ3) is 1.66. The number of piperidine rings is 1. The van der Waals surface area contributed by atoms with Crippen LogP contribution in [0, 0.1) is 17.8 Å². The van der Waals surface area contributed by atoms with E-state index in [1.807, 2.05) is 0 Å². The number of rotatable bonds is 1. The Kier molecular flexibility index (Phi) is 2.95. The van der Waals surface area contributed by atoms with Crippen LogP contribution in [0.15, 0.2) is 0 Å². The van der Waals surface area contributed by atoms with Crippen LogP contribution in [0.25, 0.3) is 0 Å². The summed E-state index contributed by atoms with van der Waals surface area (Å²) in [7, 11) is 0. The standard InChI is InChI=1S/C11H18N2O.ClH/c1-7-3-2-4-13(7)11(14)10-8-5-12-6-9(8)10;/h7-10,12H,2-6H2,1H3;1H/t7-,8?,9?,10?;/m0./s1. The van der Waals surface area contributed by atoms with E-state index in [0.29, 0.717) is 29.7 Å². The minimum absolute atomic E-state index is 0. The molecule has 15 heavy (non-hydrogen) atoms. The highest BCUT2D eigenvalue weighted by atomic mass is 35.5. The lowest BCUT2D eigenvalue weighted by molar-refractivity contribution is -0.133. The van der Waals surface area contributed by atoms with Crippen molar-refractivity contribution in [2.24, 2.45) is 17.8 Å².